The molecule has 0 heterocycles. The van der Waals surface area contributed by atoms with Gasteiger partial charge in [0.1, 0.15) is 5.82 Å². The molecule has 1 rings (SSSR count). The second kappa shape index (κ2) is 4.23. The second-order valence-corrected chi connectivity index (χ2v) is 3.31. The summed E-state index contributed by atoms with van der Waals surface area (Å²) in [5.41, 5.74) is 5.66. The number of primary amides is 1. The van der Waals surface area contributed by atoms with Gasteiger partial charge in [-0.05, 0) is 17.7 Å². The molecular weight excluding hydrogens is 239 g/mol. The lowest BCUT2D eigenvalue weighted by Crippen LogP contribution is -2.28. The number of amides is 2. The van der Waals surface area contributed by atoms with Gasteiger partial charge >= 0.3 is 6.03 Å². The van der Waals surface area contributed by atoms with E-state index in [1.807, 2.05) is 0 Å². The number of benzene rings is 1. The van der Waals surface area contributed by atoms with Gasteiger partial charge in [0.15, 0.2) is 0 Å². The maximum atomic E-state index is 12.6. The molecule has 1 aromatic carbocycles. The molecule has 2 amide bonds. The topological polar surface area (TPSA) is 55.1 Å². The second-order valence-electron chi connectivity index (χ2n) is 2.45. The zero-order chi connectivity index (χ0) is 9.84. The van der Waals surface area contributed by atoms with Crippen molar-refractivity contribution in [1.82, 2.24) is 5.32 Å². The molecule has 3 N–H and O–H groups in total. The number of carbonyl (C=O) groups excluding carboxylic acids is 1. The number of nitrogens with one attached hydrogen (secondary N) is 1. The zero-order valence-electron chi connectivity index (χ0n) is 6.68. The molecule has 1 aromatic rings. The summed E-state index contributed by atoms with van der Waals surface area (Å²) in [5, 5.41) is 2.41. The Morgan fingerprint density at radius 3 is 2.85 bits per heavy atom. The molecule has 0 aliphatic rings. The highest BCUT2D eigenvalue weighted by Gasteiger charge is 2.01. The van der Waals surface area contributed by atoms with Gasteiger partial charge in [0.25, 0.3) is 0 Å². The molecule has 0 saturated heterocycles. The molecule has 0 bridgehead atoms. The molecule has 0 aliphatic heterocycles. The first-order valence-corrected chi connectivity index (χ1v) is 4.36. The van der Waals surface area contributed by atoms with E-state index in [-0.39, 0.29) is 12.4 Å². The Balaban J connectivity index is 2.72. The van der Waals surface area contributed by atoms with Crippen molar-refractivity contribution >= 4 is 22.0 Å². The van der Waals surface area contributed by atoms with Crippen LogP contribution < -0.4 is 11.1 Å². The normalized spacial score (nSPS) is 9.69. The van der Waals surface area contributed by atoms with Crippen molar-refractivity contribution < 1.29 is 9.18 Å². The minimum absolute atomic E-state index is 0.288. The first-order chi connectivity index (χ1) is 6.09. The van der Waals surface area contributed by atoms with E-state index in [1.165, 1.54) is 12.1 Å². The van der Waals surface area contributed by atoms with Crippen LogP contribution in [0.4, 0.5) is 9.18 Å². The Morgan fingerprint density at radius 2 is 2.31 bits per heavy atom. The summed E-state index contributed by atoms with van der Waals surface area (Å²) in [7, 11) is 0. The summed E-state index contributed by atoms with van der Waals surface area (Å²) in [6.07, 6.45) is 0. The van der Waals surface area contributed by atoms with Crippen LogP contribution in [0.5, 0.6) is 0 Å². The number of rotatable bonds is 2. The minimum Gasteiger partial charge on any atom is -0.352 e. The van der Waals surface area contributed by atoms with Gasteiger partial charge in [0.2, 0.25) is 0 Å². The number of halogens is 2. The Kier molecular flexibility index (Phi) is 3.25. The van der Waals surface area contributed by atoms with E-state index in [2.05, 4.69) is 21.2 Å². The number of urea groups is 1. The standard InChI is InChI=1S/C8H8BrFN2O/c9-7-3-6(10)2-1-5(7)4-12-8(11)13/h1-3H,4H2,(H3,11,12,13). The quantitative estimate of drug-likeness (QED) is 0.821. The largest absolute Gasteiger partial charge is 0.352 e. The molecule has 0 fully saturated rings. The van der Waals surface area contributed by atoms with Crippen LogP contribution in [0.2, 0.25) is 0 Å². The molecule has 0 radical (unpaired) electrons. The van der Waals surface area contributed by atoms with Crippen LogP contribution in [0.1, 0.15) is 5.56 Å². The van der Waals surface area contributed by atoms with E-state index in [9.17, 15) is 9.18 Å². The van der Waals surface area contributed by atoms with E-state index in [4.69, 9.17) is 5.73 Å². The first kappa shape index (κ1) is 9.98. The lowest BCUT2D eigenvalue weighted by molar-refractivity contribution is 0.248. The Bertz CT molecular complexity index is 330. The fraction of sp³-hybridized carbons (Fsp3) is 0.125. The SMILES string of the molecule is NC(=O)NCc1ccc(F)cc1Br. The van der Waals surface area contributed by atoms with Gasteiger partial charge in [-0.15, -0.1) is 0 Å². The summed E-state index contributed by atoms with van der Waals surface area (Å²) < 4.78 is 13.2. The van der Waals surface area contributed by atoms with Gasteiger partial charge in [-0.25, -0.2) is 9.18 Å². The fourth-order valence-corrected chi connectivity index (χ4v) is 1.34. The molecule has 5 heteroatoms. The molecule has 0 aromatic heterocycles. The summed E-state index contributed by atoms with van der Waals surface area (Å²) in [4.78, 5) is 10.4. The third-order valence-electron chi connectivity index (χ3n) is 1.47. The molecule has 0 saturated carbocycles. The minimum atomic E-state index is -0.601. The van der Waals surface area contributed by atoms with Crippen molar-refractivity contribution in [3.8, 4) is 0 Å². The predicted octanol–water partition coefficient (Wildman–Crippen LogP) is 1.76. The van der Waals surface area contributed by atoms with Crippen LogP contribution in [-0.4, -0.2) is 6.03 Å². The van der Waals surface area contributed by atoms with Gasteiger partial charge < -0.3 is 11.1 Å². The van der Waals surface area contributed by atoms with Gasteiger partial charge in [-0.2, -0.15) is 0 Å². The molecular formula is C8H8BrFN2O. The maximum Gasteiger partial charge on any atom is 0.312 e. The maximum absolute atomic E-state index is 12.6. The van der Waals surface area contributed by atoms with Crippen molar-refractivity contribution in [3.05, 3.63) is 34.1 Å². The molecule has 0 aliphatic carbocycles. The van der Waals surface area contributed by atoms with Gasteiger partial charge in [-0.3, -0.25) is 0 Å². The molecule has 70 valence electrons. The first-order valence-electron chi connectivity index (χ1n) is 3.57. The van der Waals surface area contributed by atoms with Crippen LogP contribution in [-0.2, 0) is 6.54 Å². The average molecular weight is 247 g/mol. The number of hydrogen-bond donors (Lipinski definition) is 2. The Labute approximate surface area is 83.2 Å². The van der Waals surface area contributed by atoms with Crippen molar-refractivity contribution in [2.24, 2.45) is 5.73 Å². The lowest BCUT2D eigenvalue weighted by atomic mass is 10.2. The summed E-state index contributed by atoms with van der Waals surface area (Å²) in [6, 6.07) is 3.63. The van der Waals surface area contributed by atoms with Gasteiger partial charge in [-0.1, -0.05) is 22.0 Å². The number of hydrogen-bond acceptors (Lipinski definition) is 1. The number of nitrogens with two attached hydrogens (primary N) is 1. The molecule has 13 heavy (non-hydrogen) atoms. The summed E-state index contributed by atoms with van der Waals surface area (Å²) >= 11 is 3.17. The molecule has 0 spiro atoms. The highest BCUT2D eigenvalue weighted by atomic mass is 79.9. The number of carbonyl (C=O) groups is 1. The zero-order valence-corrected chi connectivity index (χ0v) is 8.27. The monoisotopic (exact) mass is 246 g/mol. The van der Waals surface area contributed by atoms with Crippen LogP contribution >= 0.6 is 15.9 Å². The van der Waals surface area contributed by atoms with Crippen molar-refractivity contribution in [3.63, 3.8) is 0 Å². The van der Waals surface area contributed by atoms with Crippen LogP contribution in [0, 0.1) is 5.82 Å². The Morgan fingerprint density at radius 1 is 1.62 bits per heavy atom. The van der Waals surface area contributed by atoms with Crippen molar-refractivity contribution in [1.29, 1.82) is 0 Å². The highest BCUT2D eigenvalue weighted by Crippen LogP contribution is 2.17. The smallest absolute Gasteiger partial charge is 0.312 e. The Hall–Kier alpha value is -1.10. The summed E-state index contributed by atoms with van der Waals surface area (Å²) in [5.74, 6) is -0.324. The summed E-state index contributed by atoms with van der Waals surface area (Å²) in [6.45, 7) is 0.288. The predicted molar refractivity (Wildman–Crippen MR) is 50.5 cm³/mol. The van der Waals surface area contributed by atoms with Crippen molar-refractivity contribution in [2.45, 2.75) is 6.54 Å². The fourth-order valence-electron chi connectivity index (χ4n) is 0.847. The van der Waals surface area contributed by atoms with Gasteiger partial charge in [0, 0.05) is 11.0 Å². The van der Waals surface area contributed by atoms with E-state index in [0.29, 0.717) is 4.47 Å². The third kappa shape index (κ3) is 3.02. The van der Waals surface area contributed by atoms with Crippen LogP contribution in [0.15, 0.2) is 22.7 Å². The molecule has 3 nitrogen and oxygen atoms in total. The molecule has 0 unspecified atom stereocenters. The highest BCUT2D eigenvalue weighted by molar-refractivity contribution is 9.10. The van der Waals surface area contributed by atoms with E-state index in [1.54, 1.807) is 6.07 Å². The molecule has 0 atom stereocenters. The lowest BCUT2D eigenvalue weighted by Gasteiger charge is -2.04. The van der Waals surface area contributed by atoms with Crippen molar-refractivity contribution in [2.75, 3.05) is 0 Å². The van der Waals surface area contributed by atoms with E-state index < -0.39 is 6.03 Å². The third-order valence-corrected chi connectivity index (χ3v) is 2.21. The van der Waals surface area contributed by atoms with E-state index >= 15 is 0 Å². The van der Waals surface area contributed by atoms with Crippen LogP contribution in [0.25, 0.3) is 0 Å². The average Bonchev–Trinajstić information content (AvgIpc) is 2.02. The van der Waals surface area contributed by atoms with Gasteiger partial charge in [0.05, 0.1) is 0 Å². The van der Waals surface area contributed by atoms with E-state index in [0.717, 1.165) is 5.56 Å². The van der Waals surface area contributed by atoms with Crippen LogP contribution in [0.3, 0.4) is 0 Å².